The normalized spacial score (nSPS) is 10.8. The number of pyridine rings is 2. The van der Waals surface area contributed by atoms with Gasteiger partial charge in [-0.05, 0) is 26.8 Å². The molecule has 0 aliphatic rings. The van der Waals surface area contributed by atoms with E-state index in [2.05, 4.69) is 4.98 Å². The minimum atomic E-state index is -1.24. The van der Waals surface area contributed by atoms with Crippen molar-refractivity contribution in [1.82, 2.24) is 9.55 Å². The minimum absolute atomic E-state index is 0.257. The van der Waals surface area contributed by atoms with E-state index in [-0.39, 0.29) is 10.9 Å². The standard InChI is InChI=1S/C14H16N2O4/c1-4-16-7-10(14(18)19)12(17)9-6-11(20-5-2)8(3)15-13(9)16/h6-7H,4-5H2,1-3H3,(H,18,19). The van der Waals surface area contributed by atoms with Crippen LogP contribution in [0, 0.1) is 6.92 Å². The van der Waals surface area contributed by atoms with Gasteiger partial charge in [0, 0.05) is 12.7 Å². The van der Waals surface area contributed by atoms with Crippen molar-refractivity contribution in [3.05, 3.63) is 33.7 Å². The summed E-state index contributed by atoms with van der Waals surface area (Å²) in [6, 6.07) is 1.57. The van der Waals surface area contributed by atoms with Crippen LogP contribution in [0.5, 0.6) is 5.75 Å². The van der Waals surface area contributed by atoms with Gasteiger partial charge in [0.2, 0.25) is 5.43 Å². The smallest absolute Gasteiger partial charge is 0.341 e. The van der Waals surface area contributed by atoms with Crippen molar-refractivity contribution < 1.29 is 14.6 Å². The summed E-state index contributed by atoms with van der Waals surface area (Å²) in [6.45, 7) is 6.47. The third-order valence-electron chi connectivity index (χ3n) is 3.06. The van der Waals surface area contributed by atoms with Crippen molar-refractivity contribution >= 4 is 17.0 Å². The average molecular weight is 276 g/mol. The summed E-state index contributed by atoms with van der Waals surface area (Å²) in [7, 11) is 0. The number of carbonyl (C=O) groups is 1. The molecule has 0 aliphatic carbocycles. The number of aromatic carboxylic acids is 1. The highest BCUT2D eigenvalue weighted by molar-refractivity contribution is 5.92. The van der Waals surface area contributed by atoms with Crippen LogP contribution in [0.4, 0.5) is 0 Å². The van der Waals surface area contributed by atoms with E-state index >= 15 is 0 Å². The number of nitrogens with zero attached hydrogens (tertiary/aromatic N) is 2. The fraction of sp³-hybridized carbons (Fsp3) is 0.357. The van der Waals surface area contributed by atoms with E-state index in [4.69, 9.17) is 9.84 Å². The summed E-state index contributed by atoms with van der Waals surface area (Å²) < 4.78 is 7.07. The second kappa shape index (κ2) is 5.32. The zero-order valence-electron chi connectivity index (χ0n) is 11.6. The van der Waals surface area contributed by atoms with Gasteiger partial charge in [-0.3, -0.25) is 4.79 Å². The predicted octanol–water partition coefficient (Wildman–Crippen LogP) is 1.82. The van der Waals surface area contributed by atoms with Crippen LogP contribution in [0.3, 0.4) is 0 Å². The summed E-state index contributed by atoms with van der Waals surface area (Å²) in [6.07, 6.45) is 1.33. The highest BCUT2D eigenvalue weighted by atomic mass is 16.5. The molecule has 2 rings (SSSR count). The van der Waals surface area contributed by atoms with Gasteiger partial charge in [-0.15, -0.1) is 0 Å². The molecular formula is C14H16N2O4. The van der Waals surface area contributed by atoms with E-state index in [0.29, 0.717) is 30.2 Å². The monoisotopic (exact) mass is 276 g/mol. The molecule has 2 aromatic rings. The number of carboxylic acids is 1. The Morgan fingerprint density at radius 3 is 2.70 bits per heavy atom. The molecule has 0 radical (unpaired) electrons. The molecule has 6 nitrogen and oxygen atoms in total. The van der Waals surface area contributed by atoms with Crippen LogP contribution in [0.2, 0.25) is 0 Å². The minimum Gasteiger partial charge on any atom is -0.492 e. The van der Waals surface area contributed by atoms with E-state index in [1.807, 2.05) is 13.8 Å². The Kier molecular flexibility index (Phi) is 3.74. The van der Waals surface area contributed by atoms with E-state index in [1.54, 1.807) is 17.6 Å². The Bertz CT molecular complexity index is 734. The van der Waals surface area contributed by atoms with Crippen LogP contribution in [0.15, 0.2) is 17.1 Å². The molecular weight excluding hydrogens is 260 g/mol. The summed E-state index contributed by atoms with van der Waals surface area (Å²) in [5.41, 5.74) is 0.352. The van der Waals surface area contributed by atoms with Gasteiger partial charge in [-0.25, -0.2) is 9.78 Å². The van der Waals surface area contributed by atoms with Crippen LogP contribution >= 0.6 is 0 Å². The molecule has 106 valence electrons. The van der Waals surface area contributed by atoms with Gasteiger partial charge in [0.05, 0.1) is 17.7 Å². The van der Waals surface area contributed by atoms with Crippen molar-refractivity contribution in [2.75, 3.05) is 6.61 Å². The second-order valence-electron chi connectivity index (χ2n) is 4.34. The Morgan fingerprint density at radius 2 is 2.15 bits per heavy atom. The van der Waals surface area contributed by atoms with Crippen molar-refractivity contribution in [3.8, 4) is 5.75 Å². The maximum atomic E-state index is 12.2. The number of fused-ring (bicyclic) bond motifs is 1. The predicted molar refractivity (Wildman–Crippen MR) is 74.5 cm³/mol. The molecule has 0 saturated heterocycles. The van der Waals surface area contributed by atoms with Crippen LogP contribution in [0.25, 0.3) is 11.0 Å². The zero-order chi connectivity index (χ0) is 14.9. The molecule has 0 bridgehead atoms. The number of ether oxygens (including phenoxy) is 1. The van der Waals surface area contributed by atoms with Gasteiger partial charge < -0.3 is 14.4 Å². The first kappa shape index (κ1) is 14.0. The lowest BCUT2D eigenvalue weighted by Crippen LogP contribution is -2.19. The maximum Gasteiger partial charge on any atom is 0.341 e. The number of aromatic nitrogens is 2. The molecule has 0 aliphatic heterocycles. The summed E-state index contributed by atoms with van der Waals surface area (Å²) in [5, 5.41) is 9.37. The molecule has 0 aromatic carbocycles. The van der Waals surface area contributed by atoms with Gasteiger partial charge in [0.25, 0.3) is 0 Å². The maximum absolute atomic E-state index is 12.2. The molecule has 6 heteroatoms. The first-order valence-electron chi connectivity index (χ1n) is 6.40. The molecule has 0 spiro atoms. The Hall–Kier alpha value is -2.37. The van der Waals surface area contributed by atoms with Crippen molar-refractivity contribution in [2.24, 2.45) is 0 Å². The first-order chi connectivity index (χ1) is 9.49. The van der Waals surface area contributed by atoms with Gasteiger partial charge in [-0.1, -0.05) is 0 Å². The third kappa shape index (κ3) is 2.24. The summed E-state index contributed by atoms with van der Waals surface area (Å²) in [4.78, 5) is 27.7. The number of hydrogen-bond acceptors (Lipinski definition) is 4. The molecule has 2 aromatic heterocycles. The third-order valence-corrected chi connectivity index (χ3v) is 3.06. The zero-order valence-corrected chi connectivity index (χ0v) is 11.6. The molecule has 1 N–H and O–H groups in total. The van der Waals surface area contributed by atoms with Gasteiger partial charge in [0.1, 0.15) is 17.0 Å². The van der Waals surface area contributed by atoms with Crippen LogP contribution in [-0.4, -0.2) is 27.2 Å². The number of hydrogen-bond donors (Lipinski definition) is 1. The van der Waals surface area contributed by atoms with E-state index < -0.39 is 11.4 Å². The Labute approximate surface area is 115 Å². The summed E-state index contributed by atoms with van der Waals surface area (Å²) >= 11 is 0. The van der Waals surface area contributed by atoms with Gasteiger partial charge >= 0.3 is 5.97 Å². The van der Waals surface area contributed by atoms with Crippen LogP contribution in [0.1, 0.15) is 29.9 Å². The molecule has 20 heavy (non-hydrogen) atoms. The van der Waals surface area contributed by atoms with Gasteiger partial charge in [-0.2, -0.15) is 0 Å². The van der Waals surface area contributed by atoms with Crippen LogP contribution in [-0.2, 0) is 6.54 Å². The highest BCUT2D eigenvalue weighted by Crippen LogP contribution is 2.21. The second-order valence-corrected chi connectivity index (χ2v) is 4.34. The number of carboxylic acid groups (broad SMARTS) is 1. The molecule has 0 amide bonds. The lowest BCUT2D eigenvalue weighted by atomic mass is 10.1. The van der Waals surface area contributed by atoms with E-state index in [9.17, 15) is 9.59 Å². The van der Waals surface area contributed by atoms with Crippen molar-refractivity contribution in [2.45, 2.75) is 27.3 Å². The van der Waals surface area contributed by atoms with E-state index in [1.165, 1.54) is 6.20 Å². The quantitative estimate of drug-likeness (QED) is 0.921. The molecule has 0 atom stereocenters. The number of rotatable bonds is 4. The molecule has 0 unspecified atom stereocenters. The van der Waals surface area contributed by atoms with Gasteiger partial charge in [0.15, 0.2) is 0 Å². The largest absolute Gasteiger partial charge is 0.492 e. The number of aryl methyl sites for hydroxylation is 2. The Balaban J connectivity index is 2.87. The van der Waals surface area contributed by atoms with Crippen LogP contribution < -0.4 is 10.2 Å². The molecule has 0 fully saturated rings. The fourth-order valence-electron chi connectivity index (χ4n) is 2.08. The van der Waals surface area contributed by atoms with E-state index in [0.717, 1.165) is 0 Å². The highest BCUT2D eigenvalue weighted by Gasteiger charge is 2.16. The SMILES string of the molecule is CCOc1cc2c(=O)c(C(=O)O)cn(CC)c2nc1C. The fourth-order valence-corrected chi connectivity index (χ4v) is 2.08. The topological polar surface area (TPSA) is 81.4 Å². The lowest BCUT2D eigenvalue weighted by Gasteiger charge is -2.12. The molecule has 2 heterocycles. The first-order valence-corrected chi connectivity index (χ1v) is 6.40. The Morgan fingerprint density at radius 1 is 1.45 bits per heavy atom. The summed E-state index contributed by atoms with van der Waals surface area (Å²) in [5.74, 6) is -0.736. The molecule has 0 saturated carbocycles. The lowest BCUT2D eigenvalue weighted by molar-refractivity contribution is 0.0695. The van der Waals surface area contributed by atoms with Crippen molar-refractivity contribution in [1.29, 1.82) is 0 Å². The average Bonchev–Trinajstić information content (AvgIpc) is 2.41. The van der Waals surface area contributed by atoms with Crippen molar-refractivity contribution in [3.63, 3.8) is 0 Å².